The number of morpholine rings is 1. The first-order chi connectivity index (χ1) is 11.7. The van der Waals surface area contributed by atoms with Gasteiger partial charge in [0.05, 0.1) is 12.7 Å². The first-order valence-corrected chi connectivity index (χ1v) is 8.77. The maximum absolute atomic E-state index is 12.6. The molecule has 0 bridgehead atoms. The average Bonchev–Trinajstić information content (AvgIpc) is 2.62. The van der Waals surface area contributed by atoms with Crippen LogP contribution in [0.3, 0.4) is 0 Å². The molecular weight excluding hydrogens is 342 g/mol. The first-order valence-electron chi connectivity index (χ1n) is 8.77. The maximum Gasteiger partial charge on any atom is 0.251 e. The van der Waals surface area contributed by atoms with Crippen LogP contribution in [0.4, 0.5) is 5.69 Å². The van der Waals surface area contributed by atoms with E-state index in [2.05, 4.69) is 16.0 Å². The Balaban J connectivity index is 0.00000182. The molecule has 2 heterocycles. The molecule has 1 aromatic rings. The Kier molecular flexibility index (Phi) is 5.61. The van der Waals surface area contributed by atoms with Crippen molar-refractivity contribution in [3.05, 3.63) is 29.3 Å². The smallest absolute Gasteiger partial charge is 0.251 e. The number of halogens is 1. The van der Waals surface area contributed by atoms with Gasteiger partial charge in [-0.1, -0.05) is 6.07 Å². The fourth-order valence-electron chi connectivity index (χ4n) is 3.98. The van der Waals surface area contributed by atoms with Crippen LogP contribution >= 0.6 is 12.4 Å². The van der Waals surface area contributed by atoms with Crippen LogP contribution in [0.25, 0.3) is 0 Å². The number of carbonyl (C=O) groups is 2. The molecule has 0 spiro atoms. The molecule has 0 aromatic heterocycles. The molecule has 0 unspecified atom stereocenters. The largest absolute Gasteiger partial charge is 0.375 e. The van der Waals surface area contributed by atoms with Crippen molar-refractivity contribution in [2.24, 2.45) is 5.92 Å². The van der Waals surface area contributed by atoms with Crippen LogP contribution in [0.1, 0.15) is 35.2 Å². The molecule has 3 atom stereocenters. The van der Waals surface area contributed by atoms with E-state index in [0.717, 1.165) is 44.4 Å². The number of anilines is 1. The molecule has 7 heteroatoms. The first kappa shape index (κ1) is 18.2. The van der Waals surface area contributed by atoms with Crippen LogP contribution in [0, 0.1) is 5.92 Å². The number of ether oxygens (including phenoxy) is 1. The van der Waals surface area contributed by atoms with Crippen LogP contribution in [-0.2, 0) is 16.0 Å². The predicted molar refractivity (Wildman–Crippen MR) is 97.2 cm³/mol. The zero-order valence-electron chi connectivity index (χ0n) is 14.0. The van der Waals surface area contributed by atoms with Gasteiger partial charge in [0.15, 0.2) is 0 Å². The number of rotatable bonds is 2. The predicted octanol–water partition coefficient (Wildman–Crippen LogP) is 1.49. The van der Waals surface area contributed by atoms with E-state index in [0.29, 0.717) is 17.8 Å². The number of fused-ring (bicyclic) bond motifs is 2. The Labute approximate surface area is 153 Å². The molecule has 6 nitrogen and oxygen atoms in total. The number of nitrogens with one attached hydrogen (secondary N) is 3. The fourth-order valence-corrected chi connectivity index (χ4v) is 3.98. The summed E-state index contributed by atoms with van der Waals surface area (Å²) >= 11 is 0. The average molecular weight is 366 g/mol. The monoisotopic (exact) mass is 365 g/mol. The number of carbonyl (C=O) groups excluding carboxylic acids is 2. The van der Waals surface area contributed by atoms with E-state index in [1.165, 1.54) is 0 Å². The Hall–Kier alpha value is -1.63. The highest BCUT2D eigenvalue weighted by atomic mass is 35.5. The van der Waals surface area contributed by atoms with E-state index in [1.807, 2.05) is 12.1 Å². The molecule has 0 radical (unpaired) electrons. The van der Waals surface area contributed by atoms with Gasteiger partial charge in [-0.2, -0.15) is 0 Å². The standard InChI is InChI=1S/C18H23N3O3.ClH/c22-17(12-2-4-16-15(9-12)19-7-8-24-16)21-13-3-1-11-5-6-20-18(23)14(11)10-13;/h1,3,10,12,15-16,19H,2,4-9H2,(H,20,23)(H,21,22);1H/t12-,15+,16+;/m0./s1. The van der Waals surface area contributed by atoms with Gasteiger partial charge in [-0.3, -0.25) is 9.59 Å². The number of amides is 2. The van der Waals surface area contributed by atoms with Crippen LogP contribution in [-0.4, -0.2) is 43.7 Å². The molecule has 1 saturated heterocycles. The molecule has 3 aliphatic rings. The topological polar surface area (TPSA) is 79.5 Å². The zero-order chi connectivity index (χ0) is 16.5. The highest BCUT2D eigenvalue weighted by Gasteiger charge is 2.35. The summed E-state index contributed by atoms with van der Waals surface area (Å²) in [4.78, 5) is 24.5. The normalized spacial score (nSPS) is 28.0. The molecule has 136 valence electrons. The molecule has 1 aromatic carbocycles. The van der Waals surface area contributed by atoms with Gasteiger partial charge in [0.1, 0.15) is 0 Å². The molecule has 4 rings (SSSR count). The lowest BCUT2D eigenvalue weighted by Crippen LogP contribution is -2.52. The third-order valence-corrected chi connectivity index (χ3v) is 5.30. The van der Waals surface area contributed by atoms with E-state index in [4.69, 9.17) is 4.74 Å². The zero-order valence-corrected chi connectivity index (χ0v) is 14.9. The second kappa shape index (κ2) is 7.72. The van der Waals surface area contributed by atoms with E-state index in [1.54, 1.807) is 6.07 Å². The molecular formula is C18H24ClN3O3. The quantitative estimate of drug-likeness (QED) is 0.742. The third kappa shape index (κ3) is 3.81. The van der Waals surface area contributed by atoms with Gasteiger partial charge in [-0.15, -0.1) is 12.4 Å². The van der Waals surface area contributed by atoms with Crippen molar-refractivity contribution in [3.63, 3.8) is 0 Å². The van der Waals surface area contributed by atoms with Gasteiger partial charge in [0.25, 0.3) is 5.91 Å². The highest BCUT2D eigenvalue weighted by molar-refractivity contribution is 5.99. The SMILES string of the molecule is Cl.O=C1NCCc2ccc(NC(=O)[C@H]3CC[C@H]4OCCN[C@@H]4C3)cc21. The minimum Gasteiger partial charge on any atom is -0.375 e. The minimum atomic E-state index is -0.0589. The van der Waals surface area contributed by atoms with Crippen LogP contribution in [0.15, 0.2) is 18.2 Å². The summed E-state index contributed by atoms with van der Waals surface area (Å²) in [5, 5.41) is 9.29. The number of benzene rings is 1. The second-order valence-corrected chi connectivity index (χ2v) is 6.85. The maximum atomic E-state index is 12.6. The summed E-state index contributed by atoms with van der Waals surface area (Å²) in [7, 11) is 0. The summed E-state index contributed by atoms with van der Waals surface area (Å²) in [6.45, 7) is 2.29. The molecule has 2 aliphatic heterocycles. The van der Waals surface area contributed by atoms with Gasteiger partial charge in [0.2, 0.25) is 5.91 Å². The van der Waals surface area contributed by atoms with Gasteiger partial charge in [-0.05, 0) is 43.4 Å². The second-order valence-electron chi connectivity index (χ2n) is 6.85. The van der Waals surface area contributed by atoms with Crippen molar-refractivity contribution < 1.29 is 14.3 Å². The van der Waals surface area contributed by atoms with E-state index >= 15 is 0 Å². The van der Waals surface area contributed by atoms with Crippen LogP contribution in [0.2, 0.25) is 0 Å². The summed E-state index contributed by atoms with van der Waals surface area (Å²) < 4.78 is 5.76. The van der Waals surface area contributed by atoms with Gasteiger partial charge in [0, 0.05) is 36.3 Å². The van der Waals surface area contributed by atoms with Crippen molar-refractivity contribution in [2.75, 3.05) is 25.0 Å². The fraction of sp³-hybridized carbons (Fsp3) is 0.556. The summed E-state index contributed by atoms with van der Waals surface area (Å²) in [5.41, 5.74) is 2.41. The Morgan fingerprint density at radius 3 is 3.00 bits per heavy atom. The van der Waals surface area contributed by atoms with Gasteiger partial charge < -0.3 is 20.7 Å². The van der Waals surface area contributed by atoms with Crippen molar-refractivity contribution in [3.8, 4) is 0 Å². The summed E-state index contributed by atoms with van der Waals surface area (Å²) in [6, 6.07) is 5.90. The highest BCUT2D eigenvalue weighted by Crippen LogP contribution is 2.29. The van der Waals surface area contributed by atoms with Crippen molar-refractivity contribution in [2.45, 2.75) is 37.8 Å². The van der Waals surface area contributed by atoms with E-state index < -0.39 is 0 Å². The molecule has 1 saturated carbocycles. The van der Waals surface area contributed by atoms with Crippen LogP contribution < -0.4 is 16.0 Å². The molecule has 2 amide bonds. The van der Waals surface area contributed by atoms with Gasteiger partial charge >= 0.3 is 0 Å². The lowest BCUT2D eigenvalue weighted by molar-refractivity contribution is -0.123. The van der Waals surface area contributed by atoms with Crippen LogP contribution in [0.5, 0.6) is 0 Å². The van der Waals surface area contributed by atoms with E-state index in [-0.39, 0.29) is 42.3 Å². The Morgan fingerprint density at radius 2 is 2.12 bits per heavy atom. The van der Waals surface area contributed by atoms with Crippen molar-refractivity contribution in [1.29, 1.82) is 0 Å². The summed E-state index contributed by atoms with van der Waals surface area (Å²) in [6.07, 6.45) is 3.66. The third-order valence-electron chi connectivity index (χ3n) is 5.30. The molecule has 25 heavy (non-hydrogen) atoms. The number of hydrogen-bond acceptors (Lipinski definition) is 4. The number of hydrogen-bond donors (Lipinski definition) is 3. The van der Waals surface area contributed by atoms with Gasteiger partial charge in [-0.25, -0.2) is 0 Å². The Bertz CT molecular complexity index is 667. The molecule has 1 aliphatic carbocycles. The Morgan fingerprint density at radius 1 is 1.24 bits per heavy atom. The van der Waals surface area contributed by atoms with E-state index in [9.17, 15) is 9.59 Å². The molecule has 2 fully saturated rings. The van der Waals surface area contributed by atoms with Crippen molar-refractivity contribution >= 4 is 29.9 Å². The van der Waals surface area contributed by atoms with Crippen molar-refractivity contribution in [1.82, 2.24) is 10.6 Å². The summed E-state index contributed by atoms with van der Waals surface area (Å²) in [5.74, 6) is -0.0290. The lowest BCUT2D eigenvalue weighted by atomic mass is 9.82. The molecule has 3 N–H and O–H groups in total. The minimum absolute atomic E-state index is 0. The lowest BCUT2D eigenvalue weighted by Gasteiger charge is -2.39.